The van der Waals surface area contributed by atoms with Gasteiger partial charge in [-0.25, -0.2) is 0 Å². The summed E-state index contributed by atoms with van der Waals surface area (Å²) in [6, 6.07) is 7.42. The van der Waals surface area contributed by atoms with Gasteiger partial charge < -0.3 is 15.2 Å². The van der Waals surface area contributed by atoms with E-state index in [0.29, 0.717) is 12.8 Å². The van der Waals surface area contributed by atoms with Crippen molar-refractivity contribution < 1.29 is 19.4 Å². The van der Waals surface area contributed by atoms with Crippen LogP contribution >= 0.6 is 0 Å². The van der Waals surface area contributed by atoms with Crippen molar-refractivity contribution in [3.8, 4) is 5.75 Å². The van der Waals surface area contributed by atoms with Gasteiger partial charge in [-0.2, -0.15) is 0 Å². The first-order valence-electron chi connectivity index (χ1n) is 8.26. The molecule has 0 radical (unpaired) electrons. The first-order valence-corrected chi connectivity index (χ1v) is 8.26. The summed E-state index contributed by atoms with van der Waals surface area (Å²) in [5.74, 6) is -1.34. The third-order valence-corrected chi connectivity index (χ3v) is 4.53. The number of methoxy groups -OCH3 is 1. The van der Waals surface area contributed by atoms with Crippen molar-refractivity contribution in [1.82, 2.24) is 5.32 Å². The van der Waals surface area contributed by atoms with E-state index >= 15 is 0 Å². The average Bonchev–Trinajstić information content (AvgIpc) is 2.59. The second-order valence-corrected chi connectivity index (χ2v) is 6.50. The van der Waals surface area contributed by atoms with Gasteiger partial charge in [0.05, 0.1) is 25.0 Å². The van der Waals surface area contributed by atoms with E-state index in [9.17, 15) is 14.7 Å². The minimum atomic E-state index is -0.912. The van der Waals surface area contributed by atoms with Gasteiger partial charge in [-0.15, -0.1) is 0 Å². The van der Waals surface area contributed by atoms with Crippen LogP contribution in [-0.4, -0.2) is 24.1 Å². The van der Waals surface area contributed by atoms with Crippen molar-refractivity contribution in [2.75, 3.05) is 7.11 Å². The summed E-state index contributed by atoms with van der Waals surface area (Å²) >= 11 is 0. The molecule has 0 aliphatic heterocycles. The van der Waals surface area contributed by atoms with E-state index in [2.05, 4.69) is 5.32 Å². The van der Waals surface area contributed by atoms with E-state index in [1.54, 1.807) is 7.11 Å². The predicted octanol–water partition coefficient (Wildman–Crippen LogP) is 3.18. The summed E-state index contributed by atoms with van der Waals surface area (Å²) in [6.07, 6.45) is 4.60. The van der Waals surface area contributed by atoms with E-state index < -0.39 is 17.8 Å². The van der Waals surface area contributed by atoms with Crippen LogP contribution in [0.15, 0.2) is 36.4 Å². The first-order chi connectivity index (χ1) is 11.4. The lowest BCUT2D eigenvalue weighted by Crippen LogP contribution is -2.41. The Morgan fingerprint density at radius 3 is 2.21 bits per heavy atom. The molecule has 0 saturated carbocycles. The Kier molecular flexibility index (Phi) is 6.01. The van der Waals surface area contributed by atoms with Crippen LogP contribution in [0.25, 0.3) is 0 Å². The number of carbonyl (C=O) groups is 2. The molecule has 0 aromatic heterocycles. The molecular formula is C19H25NO4. The van der Waals surface area contributed by atoms with Crippen LogP contribution in [0.5, 0.6) is 5.75 Å². The molecule has 0 bridgehead atoms. The number of carboxylic acid groups (broad SMARTS) is 1. The topological polar surface area (TPSA) is 75.6 Å². The van der Waals surface area contributed by atoms with Crippen LogP contribution < -0.4 is 10.1 Å². The molecule has 24 heavy (non-hydrogen) atoms. The van der Waals surface area contributed by atoms with Crippen LogP contribution in [0.1, 0.15) is 38.3 Å². The SMILES string of the molecule is COc1ccc([C@H](NC(=O)[C@H]2CC=CC[C@H]2C(=O)O)C(C)C)cc1. The summed E-state index contributed by atoms with van der Waals surface area (Å²) in [4.78, 5) is 24.1. The lowest BCUT2D eigenvalue weighted by atomic mass is 9.82. The van der Waals surface area contributed by atoms with E-state index in [0.717, 1.165) is 11.3 Å². The molecule has 1 aromatic rings. The van der Waals surface area contributed by atoms with Crippen LogP contribution in [-0.2, 0) is 9.59 Å². The number of nitrogens with one attached hydrogen (secondary N) is 1. The molecular weight excluding hydrogens is 306 g/mol. The Bertz CT molecular complexity index is 606. The normalized spacial score (nSPS) is 21.3. The van der Waals surface area contributed by atoms with Gasteiger partial charge in [-0.3, -0.25) is 9.59 Å². The molecule has 1 aliphatic carbocycles. The summed E-state index contributed by atoms with van der Waals surface area (Å²) in [5.41, 5.74) is 0.984. The molecule has 0 spiro atoms. The Balaban J connectivity index is 2.15. The highest BCUT2D eigenvalue weighted by Crippen LogP contribution is 2.29. The van der Waals surface area contributed by atoms with Gasteiger partial charge in [0.25, 0.3) is 0 Å². The van der Waals surface area contributed by atoms with Gasteiger partial charge in [0.15, 0.2) is 0 Å². The van der Waals surface area contributed by atoms with Crippen LogP contribution in [0.2, 0.25) is 0 Å². The maximum atomic E-state index is 12.7. The Morgan fingerprint density at radius 2 is 1.71 bits per heavy atom. The Morgan fingerprint density at radius 1 is 1.12 bits per heavy atom. The molecule has 0 fully saturated rings. The fraction of sp³-hybridized carbons (Fsp3) is 0.474. The fourth-order valence-corrected chi connectivity index (χ4v) is 3.08. The van der Waals surface area contributed by atoms with Crippen molar-refractivity contribution in [2.45, 2.75) is 32.7 Å². The van der Waals surface area contributed by atoms with Crippen molar-refractivity contribution in [1.29, 1.82) is 0 Å². The van der Waals surface area contributed by atoms with E-state index in [-0.39, 0.29) is 17.9 Å². The predicted molar refractivity (Wildman–Crippen MR) is 91.7 cm³/mol. The zero-order chi connectivity index (χ0) is 17.7. The van der Waals surface area contributed by atoms with E-state index in [4.69, 9.17) is 4.74 Å². The number of aliphatic carboxylic acids is 1. The number of amides is 1. The minimum absolute atomic E-state index is 0.163. The first kappa shape index (κ1) is 18.0. The molecule has 0 heterocycles. The second-order valence-electron chi connectivity index (χ2n) is 6.50. The van der Waals surface area contributed by atoms with Crippen LogP contribution in [0.4, 0.5) is 0 Å². The fourth-order valence-electron chi connectivity index (χ4n) is 3.08. The molecule has 1 aromatic carbocycles. The van der Waals surface area contributed by atoms with Crippen molar-refractivity contribution >= 4 is 11.9 Å². The number of benzene rings is 1. The number of allylic oxidation sites excluding steroid dienone is 2. The largest absolute Gasteiger partial charge is 0.497 e. The zero-order valence-corrected chi connectivity index (χ0v) is 14.4. The summed E-state index contributed by atoms with van der Waals surface area (Å²) in [7, 11) is 1.61. The van der Waals surface area contributed by atoms with Crippen LogP contribution in [0.3, 0.4) is 0 Å². The lowest BCUT2D eigenvalue weighted by Gasteiger charge is -2.29. The third kappa shape index (κ3) is 4.16. The number of carbonyl (C=O) groups excluding carboxylic acids is 1. The number of ether oxygens (including phenoxy) is 1. The third-order valence-electron chi connectivity index (χ3n) is 4.53. The van der Waals surface area contributed by atoms with Gasteiger partial charge in [-0.1, -0.05) is 38.1 Å². The number of hydrogen-bond acceptors (Lipinski definition) is 3. The molecule has 0 saturated heterocycles. The van der Waals surface area contributed by atoms with E-state index in [1.165, 1.54) is 0 Å². The quantitative estimate of drug-likeness (QED) is 0.785. The monoisotopic (exact) mass is 331 g/mol. The molecule has 2 rings (SSSR count). The average molecular weight is 331 g/mol. The zero-order valence-electron chi connectivity index (χ0n) is 14.4. The molecule has 3 atom stereocenters. The Hall–Kier alpha value is -2.30. The molecule has 1 aliphatic rings. The second kappa shape index (κ2) is 7.99. The number of carboxylic acids is 1. The van der Waals surface area contributed by atoms with Gasteiger partial charge >= 0.3 is 5.97 Å². The summed E-state index contributed by atoms with van der Waals surface area (Å²) in [6.45, 7) is 4.06. The van der Waals surface area contributed by atoms with Gasteiger partial charge in [0, 0.05) is 0 Å². The standard InChI is InChI=1S/C19H25NO4/c1-12(2)17(13-8-10-14(24-3)11-9-13)20-18(21)15-6-4-5-7-16(15)19(22)23/h4-5,8-12,15-17H,6-7H2,1-3H3,(H,20,21)(H,22,23)/t15-,16+,17+/m0/s1. The molecule has 5 heteroatoms. The summed E-state index contributed by atoms with van der Waals surface area (Å²) in [5, 5.41) is 12.4. The van der Waals surface area contributed by atoms with Crippen molar-refractivity contribution in [3.05, 3.63) is 42.0 Å². The molecule has 0 unspecified atom stereocenters. The number of rotatable bonds is 6. The minimum Gasteiger partial charge on any atom is -0.497 e. The van der Waals surface area contributed by atoms with Gasteiger partial charge in [0.1, 0.15) is 5.75 Å². The van der Waals surface area contributed by atoms with Crippen molar-refractivity contribution in [3.63, 3.8) is 0 Å². The Labute approximate surface area is 142 Å². The van der Waals surface area contributed by atoms with Crippen LogP contribution in [0, 0.1) is 17.8 Å². The highest BCUT2D eigenvalue weighted by molar-refractivity contribution is 5.85. The molecule has 5 nitrogen and oxygen atoms in total. The highest BCUT2D eigenvalue weighted by atomic mass is 16.5. The van der Waals surface area contributed by atoms with Crippen molar-refractivity contribution in [2.24, 2.45) is 17.8 Å². The molecule has 130 valence electrons. The van der Waals surface area contributed by atoms with Gasteiger partial charge in [-0.05, 0) is 36.5 Å². The molecule has 2 N–H and O–H groups in total. The maximum absolute atomic E-state index is 12.7. The summed E-state index contributed by atoms with van der Waals surface area (Å²) < 4.78 is 5.17. The maximum Gasteiger partial charge on any atom is 0.307 e. The van der Waals surface area contributed by atoms with E-state index in [1.807, 2.05) is 50.3 Å². The lowest BCUT2D eigenvalue weighted by molar-refractivity contribution is -0.147. The number of hydrogen-bond donors (Lipinski definition) is 2. The molecule has 1 amide bonds. The van der Waals surface area contributed by atoms with Gasteiger partial charge in [0.2, 0.25) is 5.91 Å². The highest BCUT2D eigenvalue weighted by Gasteiger charge is 2.35. The smallest absolute Gasteiger partial charge is 0.307 e.